The van der Waals surface area contributed by atoms with E-state index in [1.54, 1.807) is 24.4 Å². The maximum absolute atomic E-state index is 11.9. The van der Waals surface area contributed by atoms with Gasteiger partial charge in [0.2, 0.25) is 5.91 Å². The third-order valence-electron chi connectivity index (χ3n) is 2.78. The predicted octanol–water partition coefficient (Wildman–Crippen LogP) is 1.40. The molecule has 2 rings (SSSR count). The van der Waals surface area contributed by atoms with E-state index in [2.05, 4.69) is 20.8 Å². The van der Waals surface area contributed by atoms with Gasteiger partial charge in [-0.05, 0) is 26.0 Å². The van der Waals surface area contributed by atoms with Crippen LogP contribution in [0.15, 0.2) is 30.5 Å². The van der Waals surface area contributed by atoms with E-state index >= 15 is 0 Å². The summed E-state index contributed by atoms with van der Waals surface area (Å²) in [5.74, 6) is -0.0386. The van der Waals surface area contributed by atoms with Crippen LogP contribution in [0.25, 0.3) is 0 Å². The number of rotatable bonds is 4. The van der Waals surface area contributed by atoms with Gasteiger partial charge >= 0.3 is 0 Å². The number of H-pyrrole nitrogens is 1. The highest BCUT2D eigenvalue weighted by Crippen LogP contribution is 2.07. The first-order chi connectivity index (χ1) is 9.56. The molecule has 3 N–H and O–H groups in total. The Morgan fingerprint density at radius 1 is 1.30 bits per heavy atom. The minimum atomic E-state index is -0.307. The van der Waals surface area contributed by atoms with E-state index in [1.807, 2.05) is 19.9 Å². The predicted molar refractivity (Wildman–Crippen MR) is 75.5 cm³/mol. The maximum Gasteiger partial charge on any atom is 0.251 e. The molecule has 1 heterocycles. The number of hydrogen-bond acceptors (Lipinski definition) is 3. The van der Waals surface area contributed by atoms with Crippen molar-refractivity contribution in [3.05, 3.63) is 47.2 Å². The Morgan fingerprint density at radius 2 is 2.10 bits per heavy atom. The van der Waals surface area contributed by atoms with Crippen LogP contribution in [0.4, 0.5) is 5.82 Å². The molecule has 0 aliphatic carbocycles. The molecular weight excluding hydrogens is 256 g/mol. The van der Waals surface area contributed by atoms with E-state index < -0.39 is 0 Å². The van der Waals surface area contributed by atoms with Crippen molar-refractivity contribution < 1.29 is 9.59 Å². The molecule has 0 unspecified atom stereocenters. The van der Waals surface area contributed by atoms with Crippen LogP contribution in [0.2, 0.25) is 0 Å². The Bertz CT molecular complexity index is 634. The summed E-state index contributed by atoms with van der Waals surface area (Å²) in [6.45, 7) is 3.64. The number of benzene rings is 1. The molecule has 1 aromatic carbocycles. The van der Waals surface area contributed by atoms with E-state index in [0.29, 0.717) is 11.4 Å². The van der Waals surface area contributed by atoms with Crippen LogP contribution < -0.4 is 10.6 Å². The van der Waals surface area contributed by atoms with Crippen molar-refractivity contribution in [3.63, 3.8) is 0 Å². The van der Waals surface area contributed by atoms with Crippen molar-refractivity contribution in [1.29, 1.82) is 0 Å². The highest BCUT2D eigenvalue weighted by atomic mass is 16.2. The van der Waals surface area contributed by atoms with Crippen LogP contribution >= 0.6 is 0 Å². The quantitative estimate of drug-likeness (QED) is 0.786. The maximum atomic E-state index is 11.9. The molecular formula is C14H16N4O2. The lowest BCUT2D eigenvalue weighted by Crippen LogP contribution is -2.33. The first kappa shape index (κ1) is 13.8. The van der Waals surface area contributed by atoms with Crippen molar-refractivity contribution >= 4 is 17.6 Å². The highest BCUT2D eigenvalue weighted by Gasteiger charge is 2.09. The third kappa shape index (κ3) is 3.44. The van der Waals surface area contributed by atoms with E-state index in [-0.39, 0.29) is 18.4 Å². The number of nitrogens with one attached hydrogen (secondary N) is 3. The normalized spacial score (nSPS) is 10.1. The van der Waals surface area contributed by atoms with Crippen LogP contribution in [0.5, 0.6) is 0 Å². The molecule has 6 heteroatoms. The highest BCUT2D eigenvalue weighted by molar-refractivity contribution is 5.99. The number of hydrogen-bond donors (Lipinski definition) is 3. The Kier molecular flexibility index (Phi) is 4.14. The van der Waals surface area contributed by atoms with Crippen molar-refractivity contribution in [2.45, 2.75) is 13.8 Å². The van der Waals surface area contributed by atoms with Gasteiger partial charge in [-0.25, -0.2) is 0 Å². The summed E-state index contributed by atoms with van der Waals surface area (Å²) < 4.78 is 0. The minimum Gasteiger partial charge on any atom is -0.343 e. The van der Waals surface area contributed by atoms with Gasteiger partial charge in [-0.2, -0.15) is 5.10 Å². The van der Waals surface area contributed by atoms with Gasteiger partial charge in [-0.15, -0.1) is 0 Å². The summed E-state index contributed by atoms with van der Waals surface area (Å²) in [5, 5.41) is 11.7. The lowest BCUT2D eigenvalue weighted by Gasteiger charge is -2.06. The molecule has 0 radical (unpaired) electrons. The second kappa shape index (κ2) is 6.01. The molecule has 0 saturated carbocycles. The smallest absolute Gasteiger partial charge is 0.251 e. The summed E-state index contributed by atoms with van der Waals surface area (Å²) >= 11 is 0. The molecule has 6 nitrogen and oxygen atoms in total. The molecule has 0 saturated heterocycles. The van der Waals surface area contributed by atoms with Gasteiger partial charge < -0.3 is 10.6 Å². The molecule has 0 fully saturated rings. The lowest BCUT2D eigenvalue weighted by molar-refractivity contribution is -0.115. The Hall–Kier alpha value is -2.63. The second-order valence-electron chi connectivity index (χ2n) is 4.53. The van der Waals surface area contributed by atoms with Crippen LogP contribution in [-0.4, -0.2) is 28.6 Å². The van der Waals surface area contributed by atoms with E-state index in [0.717, 1.165) is 11.1 Å². The second-order valence-corrected chi connectivity index (χ2v) is 4.53. The van der Waals surface area contributed by atoms with E-state index in [4.69, 9.17) is 0 Å². The van der Waals surface area contributed by atoms with Gasteiger partial charge in [-0.1, -0.05) is 17.7 Å². The fourth-order valence-corrected chi connectivity index (χ4v) is 1.71. The fraction of sp³-hybridized carbons (Fsp3) is 0.214. The van der Waals surface area contributed by atoms with Gasteiger partial charge in [0.15, 0.2) is 0 Å². The number of nitrogens with zero attached hydrogens (tertiary/aromatic N) is 1. The van der Waals surface area contributed by atoms with E-state index in [1.165, 1.54) is 0 Å². The standard InChI is InChI=1S/C14H16N4O2/c1-9-4-3-5-11(6-9)14(20)15-8-12(19)17-13-10(2)7-16-18-13/h3-7H,8H2,1-2H3,(H,15,20)(H2,16,17,18,19). The van der Waals surface area contributed by atoms with Gasteiger partial charge in [0.1, 0.15) is 5.82 Å². The molecule has 0 spiro atoms. The number of aryl methyl sites for hydroxylation is 2. The molecule has 2 aromatic rings. The van der Waals surface area contributed by atoms with E-state index in [9.17, 15) is 9.59 Å². The number of anilines is 1. The SMILES string of the molecule is Cc1cccc(C(=O)NCC(=O)Nc2[nH]ncc2C)c1. The number of carbonyl (C=O) groups excluding carboxylic acids is 2. The van der Waals surface area contributed by atoms with Gasteiger partial charge in [-0.3, -0.25) is 14.7 Å². The number of aromatic nitrogens is 2. The molecule has 0 aliphatic rings. The average Bonchev–Trinajstić information content (AvgIpc) is 2.81. The monoisotopic (exact) mass is 272 g/mol. The average molecular weight is 272 g/mol. The molecule has 2 amide bonds. The third-order valence-corrected chi connectivity index (χ3v) is 2.78. The molecule has 0 aliphatic heterocycles. The first-order valence-electron chi connectivity index (χ1n) is 6.21. The molecule has 1 aromatic heterocycles. The van der Waals surface area contributed by atoms with Crippen molar-refractivity contribution in [2.24, 2.45) is 0 Å². The van der Waals surface area contributed by atoms with Gasteiger partial charge in [0, 0.05) is 11.1 Å². The van der Waals surface area contributed by atoms with Crippen LogP contribution in [0.1, 0.15) is 21.5 Å². The van der Waals surface area contributed by atoms with Crippen LogP contribution in [-0.2, 0) is 4.79 Å². The topological polar surface area (TPSA) is 86.9 Å². The molecule has 104 valence electrons. The van der Waals surface area contributed by atoms with Crippen LogP contribution in [0.3, 0.4) is 0 Å². The summed E-state index contributed by atoms with van der Waals surface area (Å²) in [5.41, 5.74) is 2.37. The first-order valence-corrected chi connectivity index (χ1v) is 6.21. The lowest BCUT2D eigenvalue weighted by atomic mass is 10.1. The van der Waals surface area contributed by atoms with Crippen molar-refractivity contribution in [3.8, 4) is 0 Å². The summed E-state index contributed by atoms with van der Waals surface area (Å²) in [7, 11) is 0. The minimum absolute atomic E-state index is 0.0920. The van der Waals surface area contributed by atoms with Crippen LogP contribution in [0, 0.1) is 13.8 Å². The number of aromatic amines is 1. The molecule has 0 bridgehead atoms. The molecule has 20 heavy (non-hydrogen) atoms. The van der Waals surface area contributed by atoms with Gasteiger partial charge in [0.25, 0.3) is 5.91 Å². The summed E-state index contributed by atoms with van der Waals surface area (Å²) in [6.07, 6.45) is 1.61. The molecule has 0 atom stereocenters. The zero-order valence-corrected chi connectivity index (χ0v) is 11.4. The Labute approximate surface area is 116 Å². The Morgan fingerprint density at radius 3 is 2.75 bits per heavy atom. The largest absolute Gasteiger partial charge is 0.343 e. The van der Waals surface area contributed by atoms with Gasteiger partial charge in [0.05, 0.1) is 12.7 Å². The Balaban J connectivity index is 1.87. The summed E-state index contributed by atoms with van der Waals surface area (Å²) in [6, 6.07) is 7.19. The number of carbonyl (C=O) groups is 2. The zero-order chi connectivity index (χ0) is 14.5. The zero-order valence-electron chi connectivity index (χ0n) is 11.4. The summed E-state index contributed by atoms with van der Waals surface area (Å²) in [4.78, 5) is 23.6. The number of amides is 2. The van der Waals surface area contributed by atoms with Crippen molar-refractivity contribution in [2.75, 3.05) is 11.9 Å². The van der Waals surface area contributed by atoms with Crippen molar-refractivity contribution in [1.82, 2.24) is 15.5 Å². The fourth-order valence-electron chi connectivity index (χ4n) is 1.71.